The van der Waals surface area contributed by atoms with Crippen molar-refractivity contribution in [3.05, 3.63) is 93.1 Å². The molecule has 194 valence electrons. The maximum absolute atomic E-state index is 13.7. The van der Waals surface area contributed by atoms with Crippen molar-refractivity contribution in [1.29, 1.82) is 0 Å². The molecular formula is C30H27ClN2O5. The lowest BCUT2D eigenvalue weighted by molar-refractivity contribution is -0.132. The third-order valence-corrected chi connectivity index (χ3v) is 7.17. The number of carbonyl (C=O) groups is 2. The zero-order valence-electron chi connectivity index (χ0n) is 21.7. The van der Waals surface area contributed by atoms with E-state index in [0.717, 1.165) is 33.3 Å². The lowest BCUT2D eigenvalue weighted by Crippen LogP contribution is -2.29. The predicted octanol–water partition coefficient (Wildman–Crippen LogP) is 6.39. The average molecular weight is 531 g/mol. The molecule has 2 heterocycles. The number of aryl methyl sites for hydroxylation is 3. The van der Waals surface area contributed by atoms with E-state index in [-0.39, 0.29) is 27.7 Å². The minimum Gasteiger partial charge on any atom is -0.507 e. The van der Waals surface area contributed by atoms with Crippen molar-refractivity contribution in [2.24, 2.45) is 0 Å². The maximum Gasteiger partial charge on any atom is 0.300 e. The van der Waals surface area contributed by atoms with Gasteiger partial charge < -0.3 is 19.6 Å². The molecule has 5 rings (SSSR count). The number of hydrogen-bond donors (Lipinski definition) is 2. The van der Waals surface area contributed by atoms with Gasteiger partial charge in [-0.3, -0.25) is 14.5 Å². The van der Waals surface area contributed by atoms with Gasteiger partial charge in [-0.25, -0.2) is 0 Å². The van der Waals surface area contributed by atoms with E-state index in [1.807, 2.05) is 63.2 Å². The summed E-state index contributed by atoms with van der Waals surface area (Å²) in [6.07, 6.45) is 0. The average Bonchev–Trinajstić information content (AvgIpc) is 3.34. The Balaban J connectivity index is 1.85. The van der Waals surface area contributed by atoms with Crippen LogP contribution in [0.4, 0.5) is 5.69 Å². The van der Waals surface area contributed by atoms with E-state index in [4.69, 9.17) is 21.1 Å². The van der Waals surface area contributed by atoms with Crippen LogP contribution in [0.5, 0.6) is 11.5 Å². The third-order valence-electron chi connectivity index (χ3n) is 6.87. The number of aromatic nitrogens is 1. The van der Waals surface area contributed by atoms with Crippen molar-refractivity contribution < 1.29 is 24.2 Å². The van der Waals surface area contributed by atoms with Crippen LogP contribution < -0.4 is 14.4 Å². The number of aromatic amines is 1. The summed E-state index contributed by atoms with van der Waals surface area (Å²) < 4.78 is 10.8. The Morgan fingerprint density at radius 3 is 2.26 bits per heavy atom. The first kappa shape index (κ1) is 25.4. The highest BCUT2D eigenvalue weighted by molar-refractivity contribution is 6.52. The van der Waals surface area contributed by atoms with Crippen LogP contribution in [0.2, 0.25) is 5.02 Å². The minimum atomic E-state index is -0.905. The topological polar surface area (TPSA) is 91.9 Å². The van der Waals surface area contributed by atoms with Crippen LogP contribution in [0, 0.1) is 20.8 Å². The molecule has 2 N–H and O–H groups in total. The van der Waals surface area contributed by atoms with E-state index in [2.05, 4.69) is 4.98 Å². The number of Topliss-reactive ketones (excluding diaryl/α,β-unsaturated/α-hetero) is 1. The van der Waals surface area contributed by atoms with E-state index in [1.54, 1.807) is 0 Å². The molecule has 0 saturated carbocycles. The number of para-hydroxylation sites is 1. The zero-order chi connectivity index (χ0) is 27.3. The Morgan fingerprint density at radius 1 is 0.947 bits per heavy atom. The van der Waals surface area contributed by atoms with Crippen LogP contribution in [0.3, 0.4) is 0 Å². The number of methoxy groups -OCH3 is 2. The third kappa shape index (κ3) is 4.00. The lowest BCUT2D eigenvalue weighted by Gasteiger charge is -2.26. The molecule has 7 nitrogen and oxygen atoms in total. The van der Waals surface area contributed by atoms with Gasteiger partial charge in [0.25, 0.3) is 11.7 Å². The van der Waals surface area contributed by atoms with Gasteiger partial charge in [0.05, 0.1) is 36.4 Å². The smallest absolute Gasteiger partial charge is 0.300 e. The molecule has 1 aromatic heterocycles. The van der Waals surface area contributed by atoms with Crippen LogP contribution in [-0.4, -0.2) is 36.0 Å². The number of benzene rings is 3. The van der Waals surface area contributed by atoms with Crippen LogP contribution >= 0.6 is 11.6 Å². The largest absolute Gasteiger partial charge is 0.507 e. The molecule has 1 aliphatic heterocycles. The number of halogens is 1. The van der Waals surface area contributed by atoms with E-state index in [1.165, 1.54) is 31.3 Å². The fraction of sp³-hybridized carbons (Fsp3) is 0.200. The zero-order valence-corrected chi connectivity index (χ0v) is 22.4. The van der Waals surface area contributed by atoms with Crippen molar-refractivity contribution >= 4 is 45.6 Å². The normalized spacial score (nSPS) is 16.9. The summed E-state index contributed by atoms with van der Waals surface area (Å²) in [6, 6.07) is 15.5. The van der Waals surface area contributed by atoms with E-state index in [0.29, 0.717) is 11.4 Å². The number of hydrogen-bond acceptors (Lipinski definition) is 5. The number of ketones is 1. The molecule has 1 amide bonds. The molecule has 0 spiro atoms. The highest BCUT2D eigenvalue weighted by Crippen LogP contribution is 2.47. The molecule has 1 aliphatic rings. The van der Waals surface area contributed by atoms with Crippen molar-refractivity contribution in [3.63, 3.8) is 0 Å². The number of aliphatic hydroxyl groups excluding tert-OH is 1. The second-order valence-corrected chi connectivity index (χ2v) is 9.82. The molecule has 1 saturated heterocycles. The molecule has 1 atom stereocenters. The van der Waals surface area contributed by atoms with Crippen molar-refractivity contribution in [2.45, 2.75) is 26.8 Å². The number of carbonyl (C=O) groups excluding carboxylic acids is 2. The number of fused-ring (bicyclic) bond motifs is 1. The summed E-state index contributed by atoms with van der Waals surface area (Å²) in [5, 5.41) is 12.8. The second-order valence-electron chi connectivity index (χ2n) is 9.41. The summed E-state index contributed by atoms with van der Waals surface area (Å²) in [7, 11) is 2.91. The summed E-state index contributed by atoms with van der Waals surface area (Å²) in [4.78, 5) is 32.2. The van der Waals surface area contributed by atoms with Gasteiger partial charge in [-0.2, -0.15) is 0 Å². The number of nitrogens with zero attached hydrogens (tertiary/aromatic N) is 1. The quantitative estimate of drug-likeness (QED) is 0.177. The number of rotatable bonds is 5. The van der Waals surface area contributed by atoms with E-state index < -0.39 is 17.7 Å². The molecular weight excluding hydrogens is 504 g/mol. The Labute approximate surface area is 225 Å². The van der Waals surface area contributed by atoms with Crippen molar-refractivity contribution in [2.75, 3.05) is 19.1 Å². The highest BCUT2D eigenvalue weighted by atomic mass is 35.5. The predicted molar refractivity (Wildman–Crippen MR) is 148 cm³/mol. The Kier molecular flexibility index (Phi) is 6.41. The van der Waals surface area contributed by atoms with Gasteiger partial charge in [0.15, 0.2) is 0 Å². The minimum absolute atomic E-state index is 0.0541. The van der Waals surface area contributed by atoms with Gasteiger partial charge in [-0.1, -0.05) is 35.9 Å². The lowest BCUT2D eigenvalue weighted by atomic mass is 9.92. The molecule has 3 aromatic carbocycles. The van der Waals surface area contributed by atoms with Crippen molar-refractivity contribution in [3.8, 4) is 11.5 Å². The molecule has 0 radical (unpaired) electrons. The Morgan fingerprint density at radius 2 is 1.61 bits per heavy atom. The van der Waals surface area contributed by atoms with Crippen molar-refractivity contribution in [1.82, 2.24) is 4.98 Å². The monoisotopic (exact) mass is 530 g/mol. The van der Waals surface area contributed by atoms with Crippen LogP contribution in [0.1, 0.15) is 34.0 Å². The summed E-state index contributed by atoms with van der Waals surface area (Å²) in [5.74, 6) is -1.32. The van der Waals surface area contributed by atoms with Crippen LogP contribution in [0.25, 0.3) is 16.7 Å². The van der Waals surface area contributed by atoms with Gasteiger partial charge in [-0.15, -0.1) is 0 Å². The molecule has 0 aliphatic carbocycles. The van der Waals surface area contributed by atoms with Crippen LogP contribution in [-0.2, 0) is 9.59 Å². The molecule has 4 aromatic rings. The van der Waals surface area contributed by atoms with Crippen LogP contribution in [0.15, 0.2) is 60.2 Å². The van der Waals surface area contributed by atoms with Gasteiger partial charge in [0, 0.05) is 33.9 Å². The fourth-order valence-electron chi connectivity index (χ4n) is 5.30. The maximum atomic E-state index is 13.7. The standard InChI is InChI=1S/C30H27ClN2O5/c1-15-10-16(2)12-18(11-15)33-27(25-17(3)32-22-9-7-6-8-19(22)25)26(29(35)30(33)36)28(34)20-13-21(31)24(38-5)14-23(20)37-4/h6-14,27,32,34H,1-5H3/b28-26+. The number of H-pyrrole nitrogens is 1. The SMILES string of the molecule is COc1cc(OC)c(/C(O)=C2\C(=O)C(=O)N(c3cc(C)cc(C)c3)C2c2c(C)[nH]c3ccccc23)cc1Cl. The molecule has 0 bridgehead atoms. The van der Waals surface area contributed by atoms with Gasteiger partial charge >= 0.3 is 0 Å². The molecule has 1 unspecified atom stereocenters. The summed E-state index contributed by atoms with van der Waals surface area (Å²) in [6.45, 7) is 5.76. The summed E-state index contributed by atoms with van der Waals surface area (Å²) >= 11 is 6.39. The molecule has 38 heavy (non-hydrogen) atoms. The first-order valence-corrected chi connectivity index (χ1v) is 12.4. The second kappa shape index (κ2) is 9.58. The van der Waals surface area contributed by atoms with Gasteiger partial charge in [0.1, 0.15) is 17.3 Å². The van der Waals surface area contributed by atoms with Gasteiger partial charge in [-0.05, 0) is 56.2 Å². The molecule has 8 heteroatoms. The molecule has 1 fully saturated rings. The highest BCUT2D eigenvalue weighted by Gasteiger charge is 2.48. The Bertz CT molecular complexity index is 1630. The number of ether oxygens (including phenoxy) is 2. The number of amides is 1. The van der Waals surface area contributed by atoms with E-state index in [9.17, 15) is 14.7 Å². The van der Waals surface area contributed by atoms with E-state index >= 15 is 0 Å². The number of nitrogens with one attached hydrogen (secondary N) is 1. The van der Waals surface area contributed by atoms with Gasteiger partial charge in [0.2, 0.25) is 0 Å². The number of aliphatic hydroxyl groups is 1. The fourth-order valence-corrected chi connectivity index (χ4v) is 5.54. The summed E-state index contributed by atoms with van der Waals surface area (Å²) in [5.41, 5.74) is 4.94. The first-order valence-electron chi connectivity index (χ1n) is 12.0. The first-order chi connectivity index (χ1) is 18.2. The number of anilines is 1. The Hall–Kier alpha value is -4.23.